The molecule has 0 spiro atoms. The third-order valence-corrected chi connectivity index (χ3v) is 2.38. The zero-order valence-electron chi connectivity index (χ0n) is 6.70. The van der Waals surface area contributed by atoms with Crippen LogP contribution in [-0.4, -0.2) is 9.55 Å². The smallest absolute Gasteiger partial charge is 0.0951 e. The minimum Gasteiger partial charge on any atom is -0.330 e. The molecule has 0 aromatic carbocycles. The number of imidazole rings is 1. The average Bonchev–Trinajstić information content (AvgIpc) is 2.58. The molecule has 1 aromatic rings. The third kappa shape index (κ3) is 1.05. The molecule has 1 saturated carbocycles. The van der Waals surface area contributed by atoms with Crippen LogP contribution in [0.5, 0.6) is 0 Å². The zero-order chi connectivity index (χ0) is 7.84. The summed E-state index contributed by atoms with van der Waals surface area (Å²) in [6, 6.07) is 0.677. The van der Waals surface area contributed by atoms with Crippen LogP contribution in [0.3, 0.4) is 0 Å². The summed E-state index contributed by atoms with van der Waals surface area (Å²) in [7, 11) is 0. The van der Waals surface area contributed by atoms with Crippen molar-refractivity contribution in [2.24, 2.45) is 11.7 Å². The first-order valence-electron chi connectivity index (χ1n) is 4.03. The van der Waals surface area contributed by atoms with Crippen molar-refractivity contribution < 1.29 is 0 Å². The number of hydrogen-bond donors (Lipinski definition) is 1. The van der Waals surface area contributed by atoms with Crippen LogP contribution in [0.1, 0.15) is 25.1 Å². The summed E-state index contributed by atoms with van der Waals surface area (Å²) in [6.45, 7) is 2.86. The molecular formula is C8H13N3. The summed E-state index contributed by atoms with van der Waals surface area (Å²) in [4.78, 5) is 4.07. The van der Waals surface area contributed by atoms with Gasteiger partial charge in [-0.3, -0.25) is 0 Å². The fourth-order valence-corrected chi connectivity index (χ4v) is 1.48. The van der Waals surface area contributed by atoms with Crippen molar-refractivity contribution in [2.75, 3.05) is 0 Å². The van der Waals surface area contributed by atoms with Gasteiger partial charge in [-0.25, -0.2) is 4.98 Å². The van der Waals surface area contributed by atoms with Gasteiger partial charge in [0.1, 0.15) is 0 Å². The number of nitrogens with zero attached hydrogens (tertiary/aromatic N) is 2. The summed E-state index contributed by atoms with van der Waals surface area (Å²) in [5.41, 5.74) is 6.70. The Morgan fingerprint density at radius 2 is 2.55 bits per heavy atom. The minimum atomic E-state index is 0.600. The van der Waals surface area contributed by atoms with Gasteiger partial charge >= 0.3 is 0 Å². The van der Waals surface area contributed by atoms with E-state index in [9.17, 15) is 0 Å². The number of hydrogen-bond acceptors (Lipinski definition) is 2. The van der Waals surface area contributed by atoms with Crippen LogP contribution in [0.25, 0.3) is 0 Å². The Morgan fingerprint density at radius 3 is 3.09 bits per heavy atom. The first kappa shape index (κ1) is 6.85. The molecule has 11 heavy (non-hydrogen) atoms. The van der Waals surface area contributed by atoms with Crippen molar-refractivity contribution in [1.82, 2.24) is 9.55 Å². The van der Waals surface area contributed by atoms with E-state index in [4.69, 9.17) is 5.73 Å². The van der Waals surface area contributed by atoms with E-state index < -0.39 is 0 Å². The molecule has 1 aromatic heterocycles. The van der Waals surface area contributed by atoms with Crippen LogP contribution in [0.15, 0.2) is 12.5 Å². The summed E-state index contributed by atoms with van der Waals surface area (Å²) >= 11 is 0. The molecule has 1 fully saturated rings. The third-order valence-electron chi connectivity index (χ3n) is 2.38. The van der Waals surface area contributed by atoms with Gasteiger partial charge in [0.2, 0.25) is 0 Å². The van der Waals surface area contributed by atoms with Gasteiger partial charge in [-0.2, -0.15) is 0 Å². The first-order chi connectivity index (χ1) is 5.33. The summed E-state index contributed by atoms with van der Waals surface area (Å²) < 4.78 is 2.20. The second-order valence-electron chi connectivity index (χ2n) is 3.28. The van der Waals surface area contributed by atoms with Crippen molar-refractivity contribution in [3.05, 3.63) is 18.2 Å². The number of nitrogens with two attached hydrogens (primary N) is 1. The van der Waals surface area contributed by atoms with Crippen molar-refractivity contribution in [1.29, 1.82) is 0 Å². The molecule has 0 radical (unpaired) electrons. The normalized spacial score (nSPS) is 28.9. The summed E-state index contributed by atoms with van der Waals surface area (Å²) in [5.74, 6) is 0.814. The molecule has 2 N–H and O–H groups in total. The van der Waals surface area contributed by atoms with E-state index >= 15 is 0 Å². The second-order valence-corrected chi connectivity index (χ2v) is 3.28. The highest BCUT2D eigenvalue weighted by atomic mass is 15.1. The molecule has 2 unspecified atom stereocenters. The van der Waals surface area contributed by atoms with Crippen LogP contribution in [0.2, 0.25) is 0 Å². The van der Waals surface area contributed by atoms with Crippen molar-refractivity contribution in [3.63, 3.8) is 0 Å². The average molecular weight is 151 g/mol. The highest BCUT2D eigenvalue weighted by Crippen LogP contribution is 2.42. The molecule has 0 amide bonds. The first-order valence-corrected chi connectivity index (χ1v) is 4.03. The van der Waals surface area contributed by atoms with Gasteiger partial charge in [0.15, 0.2) is 0 Å². The van der Waals surface area contributed by atoms with Crippen molar-refractivity contribution in [2.45, 2.75) is 25.9 Å². The number of aromatic nitrogens is 2. The molecule has 2 rings (SSSR count). The van der Waals surface area contributed by atoms with Gasteiger partial charge in [0.25, 0.3) is 0 Å². The zero-order valence-corrected chi connectivity index (χ0v) is 6.70. The lowest BCUT2D eigenvalue weighted by Gasteiger charge is -2.03. The molecule has 0 aliphatic heterocycles. The van der Waals surface area contributed by atoms with Crippen LogP contribution >= 0.6 is 0 Å². The topological polar surface area (TPSA) is 43.8 Å². The standard InChI is InChI=1S/C8H13N3/c1-6-2-8(6)11-5-10-4-7(11)3-9/h4-6,8H,2-3,9H2,1H3. The molecular weight excluding hydrogens is 138 g/mol. The van der Waals surface area contributed by atoms with Crippen molar-refractivity contribution >= 4 is 0 Å². The quantitative estimate of drug-likeness (QED) is 0.683. The molecule has 2 atom stereocenters. The van der Waals surface area contributed by atoms with Crippen LogP contribution in [-0.2, 0) is 6.54 Å². The van der Waals surface area contributed by atoms with Gasteiger partial charge in [0.05, 0.1) is 12.0 Å². The van der Waals surface area contributed by atoms with E-state index in [-0.39, 0.29) is 0 Å². The largest absolute Gasteiger partial charge is 0.330 e. The Labute approximate surface area is 66.2 Å². The molecule has 1 aliphatic rings. The lowest BCUT2D eigenvalue weighted by molar-refractivity contribution is 0.651. The lowest BCUT2D eigenvalue weighted by atomic mass is 10.4. The Balaban J connectivity index is 2.23. The Hall–Kier alpha value is -0.830. The molecule has 60 valence electrons. The molecule has 1 heterocycles. The predicted octanol–water partition coefficient (Wildman–Crippen LogP) is 0.923. The van der Waals surface area contributed by atoms with Gasteiger partial charge in [-0.05, 0) is 12.3 Å². The molecule has 3 nitrogen and oxygen atoms in total. The van der Waals surface area contributed by atoms with Crippen LogP contribution in [0, 0.1) is 5.92 Å². The maximum Gasteiger partial charge on any atom is 0.0951 e. The van der Waals surface area contributed by atoms with Crippen LogP contribution in [0.4, 0.5) is 0 Å². The maximum atomic E-state index is 5.55. The van der Waals surface area contributed by atoms with E-state index in [1.807, 2.05) is 12.5 Å². The monoisotopic (exact) mass is 151 g/mol. The van der Waals surface area contributed by atoms with Gasteiger partial charge in [-0.1, -0.05) is 6.92 Å². The highest BCUT2D eigenvalue weighted by Gasteiger charge is 2.34. The Bertz CT molecular complexity index is 254. The van der Waals surface area contributed by atoms with Crippen molar-refractivity contribution in [3.8, 4) is 0 Å². The van der Waals surface area contributed by atoms with E-state index in [1.165, 1.54) is 6.42 Å². The number of rotatable bonds is 2. The Kier molecular flexibility index (Phi) is 1.46. The van der Waals surface area contributed by atoms with Gasteiger partial charge in [0, 0.05) is 18.8 Å². The summed E-state index contributed by atoms with van der Waals surface area (Å²) in [6.07, 6.45) is 5.02. The van der Waals surface area contributed by atoms with Crippen LogP contribution < -0.4 is 5.73 Å². The SMILES string of the molecule is CC1CC1n1cncc1CN. The van der Waals surface area contributed by atoms with E-state index in [0.717, 1.165) is 11.6 Å². The Morgan fingerprint density at radius 1 is 1.82 bits per heavy atom. The molecule has 0 saturated heterocycles. The second kappa shape index (κ2) is 2.34. The van der Waals surface area contributed by atoms with E-state index in [1.54, 1.807) is 0 Å². The lowest BCUT2D eigenvalue weighted by Crippen LogP contribution is -2.05. The van der Waals surface area contributed by atoms with Gasteiger partial charge < -0.3 is 10.3 Å². The fraction of sp³-hybridized carbons (Fsp3) is 0.625. The van der Waals surface area contributed by atoms with E-state index in [2.05, 4.69) is 16.5 Å². The summed E-state index contributed by atoms with van der Waals surface area (Å²) in [5, 5.41) is 0. The maximum absolute atomic E-state index is 5.55. The highest BCUT2D eigenvalue weighted by molar-refractivity contribution is 5.04. The molecule has 0 bridgehead atoms. The fourth-order valence-electron chi connectivity index (χ4n) is 1.48. The predicted molar refractivity (Wildman–Crippen MR) is 42.9 cm³/mol. The van der Waals surface area contributed by atoms with E-state index in [0.29, 0.717) is 12.6 Å². The molecule has 1 aliphatic carbocycles. The van der Waals surface area contributed by atoms with Gasteiger partial charge in [-0.15, -0.1) is 0 Å². The molecule has 3 heteroatoms. The minimum absolute atomic E-state index is 0.600.